The van der Waals surface area contributed by atoms with E-state index < -0.39 is 0 Å². The first-order chi connectivity index (χ1) is 12.5. The van der Waals surface area contributed by atoms with Gasteiger partial charge in [-0.2, -0.15) is 5.26 Å². The fraction of sp³-hybridized carbons (Fsp3) is 0.200. The maximum atomic E-state index is 12.0. The molecule has 0 spiro atoms. The Morgan fingerprint density at radius 2 is 1.96 bits per heavy atom. The van der Waals surface area contributed by atoms with Crippen LogP contribution < -0.4 is 9.47 Å². The van der Waals surface area contributed by atoms with Crippen LogP contribution in [0.4, 0.5) is 0 Å². The van der Waals surface area contributed by atoms with Gasteiger partial charge in [0, 0.05) is 14.1 Å². The molecule has 0 aliphatic carbocycles. The Morgan fingerprint density at radius 1 is 1.27 bits per heavy atom. The van der Waals surface area contributed by atoms with Gasteiger partial charge in [-0.1, -0.05) is 30.3 Å². The molecule has 134 valence electrons. The summed E-state index contributed by atoms with van der Waals surface area (Å²) in [5.74, 6) is 0.839. The Labute approximate surface area is 167 Å². The number of nitrogens with zero attached hydrogens (tertiary/aromatic N) is 2. The van der Waals surface area contributed by atoms with Gasteiger partial charge >= 0.3 is 0 Å². The van der Waals surface area contributed by atoms with Gasteiger partial charge in [0.2, 0.25) is 0 Å². The van der Waals surface area contributed by atoms with Crippen LogP contribution in [-0.4, -0.2) is 32.0 Å². The van der Waals surface area contributed by atoms with Gasteiger partial charge in [-0.25, -0.2) is 0 Å². The van der Waals surface area contributed by atoms with Crippen molar-refractivity contribution < 1.29 is 14.3 Å². The summed E-state index contributed by atoms with van der Waals surface area (Å²) in [7, 11) is 4.78. The Kier molecular flexibility index (Phi) is 7.04. The third-order valence-electron chi connectivity index (χ3n) is 3.55. The molecule has 6 heteroatoms. The first kappa shape index (κ1) is 19.8. The Balaban J connectivity index is 2.31. The summed E-state index contributed by atoms with van der Waals surface area (Å²) < 4.78 is 12.2. The molecule has 0 radical (unpaired) electrons. The number of hydrogen-bond donors (Lipinski definition) is 0. The zero-order chi connectivity index (χ0) is 19.1. The Morgan fingerprint density at radius 3 is 2.54 bits per heavy atom. The molecule has 1 amide bonds. The number of ether oxygens (including phenoxy) is 2. The van der Waals surface area contributed by atoms with E-state index in [9.17, 15) is 10.1 Å². The molecule has 0 saturated heterocycles. The minimum Gasteiger partial charge on any atom is -0.493 e. The van der Waals surface area contributed by atoms with Crippen LogP contribution in [0.3, 0.4) is 0 Å². The van der Waals surface area contributed by atoms with Gasteiger partial charge < -0.3 is 14.4 Å². The number of amides is 1. The van der Waals surface area contributed by atoms with Crippen LogP contribution in [0.5, 0.6) is 11.5 Å². The highest BCUT2D eigenvalue weighted by Crippen LogP contribution is 2.35. The fourth-order valence-electron chi connectivity index (χ4n) is 2.24. The lowest BCUT2D eigenvalue weighted by Gasteiger charge is -2.14. The number of methoxy groups -OCH3 is 1. The topological polar surface area (TPSA) is 62.6 Å². The van der Waals surface area contributed by atoms with E-state index in [0.717, 1.165) is 9.13 Å². The fourth-order valence-corrected chi connectivity index (χ4v) is 3.02. The van der Waals surface area contributed by atoms with Crippen molar-refractivity contribution in [2.24, 2.45) is 0 Å². The smallest absolute Gasteiger partial charge is 0.264 e. The molecule has 0 N–H and O–H groups in total. The lowest BCUT2D eigenvalue weighted by Crippen LogP contribution is -2.22. The molecular formula is C20H19IN2O3. The second-order valence-corrected chi connectivity index (χ2v) is 6.84. The van der Waals surface area contributed by atoms with Crippen molar-refractivity contribution in [2.75, 3.05) is 21.2 Å². The standard InChI is InChI=1S/C20H19IN2O3/c1-23(2)20(24)16(12-22)9-15-10-17(21)19(18(11-15)25-3)26-13-14-7-5-4-6-8-14/h4-11H,13H2,1-3H3/b16-9-. The third-order valence-corrected chi connectivity index (χ3v) is 4.35. The maximum Gasteiger partial charge on any atom is 0.264 e. The summed E-state index contributed by atoms with van der Waals surface area (Å²) >= 11 is 2.15. The van der Waals surface area contributed by atoms with Crippen LogP contribution in [0.25, 0.3) is 6.08 Å². The molecule has 2 rings (SSSR count). The monoisotopic (exact) mass is 462 g/mol. The number of halogens is 1. The van der Waals surface area contributed by atoms with E-state index in [1.54, 1.807) is 33.3 Å². The molecule has 26 heavy (non-hydrogen) atoms. The summed E-state index contributed by atoms with van der Waals surface area (Å²) in [6, 6.07) is 15.4. The third kappa shape index (κ3) is 4.99. The molecule has 2 aromatic rings. The molecule has 0 unspecified atom stereocenters. The summed E-state index contributed by atoms with van der Waals surface area (Å²) in [6.45, 7) is 0.422. The van der Waals surface area contributed by atoms with Crippen molar-refractivity contribution >= 4 is 34.6 Å². The highest BCUT2D eigenvalue weighted by atomic mass is 127. The largest absolute Gasteiger partial charge is 0.493 e. The number of likely N-dealkylation sites (N-methyl/N-ethyl adjacent to an activating group) is 1. The summed E-state index contributed by atoms with van der Waals surface area (Å²) in [6.07, 6.45) is 1.55. The van der Waals surface area contributed by atoms with Crippen molar-refractivity contribution in [3.63, 3.8) is 0 Å². The van der Waals surface area contributed by atoms with Gasteiger partial charge in [0.25, 0.3) is 5.91 Å². The van der Waals surface area contributed by atoms with Crippen molar-refractivity contribution in [3.8, 4) is 17.6 Å². The average molecular weight is 462 g/mol. The Bertz CT molecular complexity index is 855. The van der Waals surface area contributed by atoms with Crippen molar-refractivity contribution in [1.82, 2.24) is 4.90 Å². The first-order valence-corrected chi connectivity index (χ1v) is 8.91. The molecule has 2 aromatic carbocycles. The molecule has 0 aromatic heterocycles. The summed E-state index contributed by atoms with van der Waals surface area (Å²) in [5.41, 5.74) is 1.81. The van der Waals surface area contributed by atoms with Crippen LogP contribution in [0.15, 0.2) is 48.0 Å². The number of rotatable bonds is 6. The van der Waals surface area contributed by atoms with Gasteiger partial charge in [0.1, 0.15) is 18.2 Å². The van der Waals surface area contributed by atoms with E-state index in [2.05, 4.69) is 22.6 Å². The minimum atomic E-state index is -0.342. The zero-order valence-corrected chi connectivity index (χ0v) is 17.0. The molecule has 0 bridgehead atoms. The lowest BCUT2D eigenvalue weighted by molar-refractivity contribution is -0.124. The van der Waals surface area contributed by atoms with Crippen LogP contribution in [0.2, 0.25) is 0 Å². The first-order valence-electron chi connectivity index (χ1n) is 7.84. The van der Waals surface area contributed by atoms with Crippen LogP contribution in [0, 0.1) is 14.9 Å². The lowest BCUT2D eigenvalue weighted by atomic mass is 10.1. The second kappa shape index (κ2) is 9.25. The van der Waals surface area contributed by atoms with Gasteiger partial charge in [0.15, 0.2) is 11.5 Å². The van der Waals surface area contributed by atoms with E-state index in [0.29, 0.717) is 23.7 Å². The molecule has 5 nitrogen and oxygen atoms in total. The van der Waals surface area contributed by atoms with E-state index in [-0.39, 0.29) is 11.5 Å². The van der Waals surface area contributed by atoms with Crippen LogP contribution in [0.1, 0.15) is 11.1 Å². The molecule has 0 heterocycles. The maximum absolute atomic E-state index is 12.0. The van der Waals surface area contributed by atoms with E-state index in [4.69, 9.17) is 9.47 Å². The molecule has 0 aliphatic heterocycles. The van der Waals surface area contributed by atoms with E-state index >= 15 is 0 Å². The number of carbonyl (C=O) groups is 1. The van der Waals surface area contributed by atoms with Crippen molar-refractivity contribution in [1.29, 1.82) is 5.26 Å². The van der Waals surface area contributed by atoms with E-state index in [1.165, 1.54) is 4.90 Å². The van der Waals surface area contributed by atoms with Crippen LogP contribution >= 0.6 is 22.6 Å². The Hall–Kier alpha value is -2.53. The van der Waals surface area contributed by atoms with E-state index in [1.807, 2.05) is 42.5 Å². The predicted octanol–water partition coefficient (Wildman–Crippen LogP) is 3.87. The average Bonchev–Trinajstić information content (AvgIpc) is 2.64. The molecule has 0 fully saturated rings. The van der Waals surface area contributed by atoms with Crippen molar-refractivity contribution in [3.05, 3.63) is 62.7 Å². The summed E-state index contributed by atoms with van der Waals surface area (Å²) in [4.78, 5) is 13.4. The SMILES string of the molecule is COc1cc(/C=C(/C#N)C(=O)N(C)C)cc(I)c1OCc1ccccc1. The van der Waals surface area contributed by atoms with Gasteiger partial charge in [-0.15, -0.1) is 0 Å². The highest BCUT2D eigenvalue weighted by Gasteiger charge is 2.15. The number of benzene rings is 2. The highest BCUT2D eigenvalue weighted by molar-refractivity contribution is 14.1. The van der Waals surface area contributed by atoms with Gasteiger partial charge in [-0.05, 0) is 51.9 Å². The molecule has 0 atom stereocenters. The number of carbonyl (C=O) groups excluding carboxylic acids is 1. The molecule has 0 aliphatic rings. The zero-order valence-electron chi connectivity index (χ0n) is 14.8. The van der Waals surface area contributed by atoms with Gasteiger partial charge in [-0.3, -0.25) is 4.79 Å². The summed E-state index contributed by atoms with van der Waals surface area (Å²) in [5, 5.41) is 9.24. The normalized spacial score (nSPS) is 10.8. The number of nitriles is 1. The van der Waals surface area contributed by atoms with Crippen LogP contribution in [-0.2, 0) is 11.4 Å². The minimum absolute atomic E-state index is 0.0609. The van der Waals surface area contributed by atoms with Gasteiger partial charge in [0.05, 0.1) is 10.7 Å². The molecular weight excluding hydrogens is 443 g/mol. The second-order valence-electron chi connectivity index (χ2n) is 5.68. The molecule has 0 saturated carbocycles. The predicted molar refractivity (Wildman–Crippen MR) is 109 cm³/mol. The van der Waals surface area contributed by atoms with Crippen molar-refractivity contribution in [2.45, 2.75) is 6.61 Å². The number of hydrogen-bond acceptors (Lipinski definition) is 4. The quantitative estimate of drug-likeness (QED) is 0.372.